The van der Waals surface area contributed by atoms with Gasteiger partial charge in [0, 0.05) is 17.3 Å². The van der Waals surface area contributed by atoms with Gasteiger partial charge in [-0.2, -0.15) is 0 Å². The zero-order valence-corrected chi connectivity index (χ0v) is 18.7. The highest BCUT2D eigenvalue weighted by atomic mass is 35.5. The number of esters is 1. The van der Waals surface area contributed by atoms with Gasteiger partial charge in [-0.25, -0.2) is 13.2 Å². The molecule has 0 heterocycles. The molecule has 9 heteroatoms. The van der Waals surface area contributed by atoms with Crippen molar-refractivity contribution in [3.8, 4) is 0 Å². The van der Waals surface area contributed by atoms with E-state index in [1.54, 1.807) is 42.5 Å². The van der Waals surface area contributed by atoms with Crippen molar-refractivity contribution >= 4 is 39.2 Å². The maximum Gasteiger partial charge on any atom is 0.338 e. The third kappa shape index (κ3) is 6.57. The summed E-state index contributed by atoms with van der Waals surface area (Å²) in [5.41, 5.74) is 2.17. The molecule has 32 heavy (non-hydrogen) atoms. The van der Waals surface area contributed by atoms with E-state index in [9.17, 15) is 18.0 Å². The largest absolute Gasteiger partial charge is 0.452 e. The standard InChI is InChI=1S/C23H21ClN2O5S/c1-16-4-2-6-20(12-16)26-32(29,30)21-7-3-5-18(13-21)23(28)31-15-22(27)25-14-17-8-10-19(24)11-9-17/h2-13,26H,14-15H2,1H3,(H,25,27). The van der Waals surface area contributed by atoms with Crippen LogP contribution in [0.25, 0.3) is 0 Å². The summed E-state index contributed by atoms with van der Waals surface area (Å²) >= 11 is 5.82. The Morgan fingerprint density at radius 2 is 1.69 bits per heavy atom. The van der Waals surface area contributed by atoms with Crippen molar-refractivity contribution in [1.82, 2.24) is 5.32 Å². The zero-order chi connectivity index (χ0) is 23.1. The maximum absolute atomic E-state index is 12.7. The second kappa shape index (κ2) is 10.3. The quantitative estimate of drug-likeness (QED) is 0.484. The molecule has 2 N–H and O–H groups in total. The lowest BCUT2D eigenvalue weighted by atomic mass is 10.2. The average Bonchev–Trinajstić information content (AvgIpc) is 2.77. The van der Waals surface area contributed by atoms with Crippen LogP contribution in [0.15, 0.2) is 77.7 Å². The van der Waals surface area contributed by atoms with Crippen LogP contribution in [-0.2, 0) is 26.1 Å². The van der Waals surface area contributed by atoms with Crippen LogP contribution >= 0.6 is 11.6 Å². The lowest BCUT2D eigenvalue weighted by Crippen LogP contribution is -2.28. The molecule has 0 atom stereocenters. The minimum atomic E-state index is -3.91. The van der Waals surface area contributed by atoms with Crippen LogP contribution in [0, 0.1) is 6.92 Å². The summed E-state index contributed by atoms with van der Waals surface area (Å²) in [7, 11) is -3.91. The first-order valence-corrected chi connectivity index (χ1v) is 11.5. The Labute approximate surface area is 191 Å². The van der Waals surface area contributed by atoms with Crippen molar-refractivity contribution in [3.63, 3.8) is 0 Å². The molecule has 0 unspecified atom stereocenters. The predicted octanol–water partition coefficient (Wildman–Crippen LogP) is 3.92. The number of anilines is 1. The number of benzene rings is 3. The van der Waals surface area contributed by atoms with Gasteiger partial charge in [0.05, 0.1) is 10.5 Å². The highest BCUT2D eigenvalue weighted by molar-refractivity contribution is 7.92. The molecule has 0 fully saturated rings. The first-order valence-electron chi connectivity index (χ1n) is 9.61. The van der Waals surface area contributed by atoms with E-state index in [1.807, 2.05) is 13.0 Å². The molecule has 3 aromatic carbocycles. The van der Waals surface area contributed by atoms with E-state index in [4.69, 9.17) is 16.3 Å². The van der Waals surface area contributed by atoms with Gasteiger partial charge in [0.2, 0.25) is 0 Å². The number of amides is 1. The Morgan fingerprint density at radius 3 is 2.41 bits per heavy atom. The van der Waals surface area contributed by atoms with Crippen LogP contribution in [0.2, 0.25) is 5.02 Å². The number of hydrogen-bond donors (Lipinski definition) is 2. The van der Waals surface area contributed by atoms with Crippen molar-refractivity contribution in [2.24, 2.45) is 0 Å². The summed E-state index contributed by atoms with van der Waals surface area (Å²) in [5.74, 6) is -1.29. The van der Waals surface area contributed by atoms with Gasteiger partial charge in [0.25, 0.3) is 15.9 Å². The fraction of sp³-hybridized carbons (Fsp3) is 0.130. The monoisotopic (exact) mass is 472 g/mol. The van der Waals surface area contributed by atoms with E-state index in [0.29, 0.717) is 10.7 Å². The lowest BCUT2D eigenvalue weighted by Gasteiger charge is -2.10. The van der Waals surface area contributed by atoms with Crippen molar-refractivity contribution in [3.05, 3.63) is 94.5 Å². The number of carbonyl (C=O) groups excluding carboxylic acids is 2. The van der Waals surface area contributed by atoms with Crippen molar-refractivity contribution < 1.29 is 22.7 Å². The smallest absolute Gasteiger partial charge is 0.338 e. The molecule has 166 valence electrons. The van der Waals surface area contributed by atoms with E-state index in [0.717, 1.165) is 11.1 Å². The molecule has 0 aromatic heterocycles. The van der Waals surface area contributed by atoms with E-state index in [2.05, 4.69) is 10.0 Å². The van der Waals surface area contributed by atoms with Gasteiger partial charge in [-0.15, -0.1) is 0 Å². The first kappa shape index (κ1) is 23.3. The maximum atomic E-state index is 12.7. The molecular formula is C23H21ClN2O5S. The normalized spacial score (nSPS) is 10.9. The molecule has 7 nitrogen and oxygen atoms in total. The third-order valence-electron chi connectivity index (χ3n) is 4.39. The first-order chi connectivity index (χ1) is 15.2. The molecule has 0 aliphatic heterocycles. The number of carbonyl (C=O) groups is 2. The van der Waals surface area contributed by atoms with Gasteiger partial charge in [0.1, 0.15) is 0 Å². The van der Waals surface area contributed by atoms with Crippen LogP contribution in [0.1, 0.15) is 21.5 Å². The van der Waals surface area contributed by atoms with Crippen LogP contribution in [0.3, 0.4) is 0 Å². The summed E-state index contributed by atoms with van der Waals surface area (Å²) in [5, 5.41) is 3.22. The zero-order valence-electron chi connectivity index (χ0n) is 17.2. The van der Waals surface area contributed by atoms with E-state index < -0.39 is 28.5 Å². The highest BCUT2D eigenvalue weighted by Gasteiger charge is 2.18. The van der Waals surface area contributed by atoms with Crippen molar-refractivity contribution in [2.45, 2.75) is 18.4 Å². The Balaban J connectivity index is 1.58. The molecule has 1 amide bonds. The fourth-order valence-corrected chi connectivity index (χ4v) is 4.00. The molecule has 0 radical (unpaired) electrons. The molecule has 0 spiro atoms. The second-order valence-corrected chi connectivity index (χ2v) is 9.10. The fourth-order valence-electron chi connectivity index (χ4n) is 2.78. The number of nitrogens with one attached hydrogen (secondary N) is 2. The van der Waals surface area contributed by atoms with Gasteiger partial charge in [-0.3, -0.25) is 9.52 Å². The van der Waals surface area contributed by atoms with E-state index in [1.165, 1.54) is 24.3 Å². The second-order valence-electron chi connectivity index (χ2n) is 6.98. The number of halogens is 1. The van der Waals surface area contributed by atoms with Crippen LogP contribution in [-0.4, -0.2) is 26.9 Å². The number of ether oxygens (including phenoxy) is 1. The molecule has 0 bridgehead atoms. The molecule has 3 aromatic rings. The molecule has 0 saturated carbocycles. The third-order valence-corrected chi connectivity index (χ3v) is 6.02. The molecule has 0 aliphatic carbocycles. The molecule has 0 aliphatic rings. The Bertz CT molecular complexity index is 1230. The van der Waals surface area contributed by atoms with Gasteiger partial charge < -0.3 is 10.1 Å². The Kier molecular flexibility index (Phi) is 7.50. The number of hydrogen-bond acceptors (Lipinski definition) is 5. The summed E-state index contributed by atoms with van der Waals surface area (Å²) in [6.45, 7) is 1.61. The van der Waals surface area contributed by atoms with Crippen LogP contribution in [0.4, 0.5) is 5.69 Å². The van der Waals surface area contributed by atoms with Crippen LogP contribution in [0.5, 0.6) is 0 Å². The Hall–Kier alpha value is -3.36. The summed E-state index contributed by atoms with van der Waals surface area (Å²) < 4.78 is 32.8. The molecule has 0 saturated heterocycles. The van der Waals surface area contributed by atoms with E-state index >= 15 is 0 Å². The summed E-state index contributed by atoms with van der Waals surface area (Å²) in [4.78, 5) is 24.2. The molecular weight excluding hydrogens is 452 g/mol. The summed E-state index contributed by atoms with van der Waals surface area (Å²) in [6, 6.07) is 19.3. The minimum absolute atomic E-state index is 0.0163. The number of sulfonamides is 1. The molecule has 3 rings (SSSR count). The SMILES string of the molecule is Cc1cccc(NS(=O)(=O)c2cccc(C(=O)OCC(=O)NCc3ccc(Cl)cc3)c2)c1. The Morgan fingerprint density at radius 1 is 0.969 bits per heavy atom. The van der Waals surface area contributed by atoms with Crippen LogP contribution < -0.4 is 10.0 Å². The number of aryl methyl sites for hydroxylation is 1. The number of rotatable bonds is 8. The topological polar surface area (TPSA) is 102 Å². The summed E-state index contributed by atoms with van der Waals surface area (Å²) in [6.07, 6.45) is 0. The average molecular weight is 473 g/mol. The van der Waals surface area contributed by atoms with Gasteiger partial charge in [-0.05, 0) is 60.5 Å². The van der Waals surface area contributed by atoms with Gasteiger partial charge in [-0.1, -0.05) is 41.9 Å². The van der Waals surface area contributed by atoms with Crippen molar-refractivity contribution in [1.29, 1.82) is 0 Å². The van der Waals surface area contributed by atoms with Crippen molar-refractivity contribution in [2.75, 3.05) is 11.3 Å². The van der Waals surface area contributed by atoms with Gasteiger partial charge >= 0.3 is 5.97 Å². The van der Waals surface area contributed by atoms with E-state index in [-0.39, 0.29) is 17.0 Å². The predicted molar refractivity (Wildman–Crippen MR) is 122 cm³/mol. The minimum Gasteiger partial charge on any atom is -0.452 e. The van der Waals surface area contributed by atoms with Gasteiger partial charge in [0.15, 0.2) is 6.61 Å². The lowest BCUT2D eigenvalue weighted by molar-refractivity contribution is -0.124. The highest BCUT2D eigenvalue weighted by Crippen LogP contribution is 2.18.